The summed E-state index contributed by atoms with van der Waals surface area (Å²) in [6.07, 6.45) is 0. The van der Waals surface area contributed by atoms with Gasteiger partial charge in [0.25, 0.3) is 0 Å². The molecule has 0 aliphatic carbocycles. The van der Waals surface area contributed by atoms with Gasteiger partial charge in [0.2, 0.25) is 7.98 Å². The topological polar surface area (TPSA) is 35.8 Å². The van der Waals surface area contributed by atoms with Crippen molar-refractivity contribution in [3.8, 4) is 6.07 Å². The van der Waals surface area contributed by atoms with Crippen molar-refractivity contribution in [1.29, 1.82) is 5.26 Å². The van der Waals surface area contributed by atoms with Crippen LogP contribution in [0.4, 0.5) is 5.69 Å². The van der Waals surface area contributed by atoms with Crippen molar-refractivity contribution in [2.75, 3.05) is 5.23 Å². The Bertz CT molecular complexity index is 265. The van der Waals surface area contributed by atoms with E-state index in [-0.39, 0.29) is 0 Å². The molecule has 0 amide bonds. The summed E-state index contributed by atoms with van der Waals surface area (Å²) in [5, 5.41) is 10.9. The second-order valence-electron chi connectivity index (χ2n) is 1.80. The Morgan fingerprint density at radius 2 is 1.92 bits per heavy atom. The highest BCUT2D eigenvalue weighted by Crippen LogP contribution is 2.11. The lowest BCUT2D eigenvalue weighted by atomic mass is 10.2. The summed E-state index contributed by atoms with van der Waals surface area (Å²) in [6.45, 7) is 4.00. The number of para-hydroxylation sites is 1. The molecule has 0 aliphatic rings. The molecule has 0 saturated heterocycles. The van der Waals surface area contributed by atoms with Gasteiger partial charge >= 0.3 is 0 Å². The molecule has 0 saturated carbocycles. The molecular formula is C9H11BN2. The third kappa shape index (κ3) is 2.67. The highest BCUT2D eigenvalue weighted by Gasteiger charge is 1.93. The van der Waals surface area contributed by atoms with Crippen LogP contribution in [0, 0.1) is 11.3 Å². The summed E-state index contributed by atoms with van der Waals surface area (Å²) < 4.78 is 0. The molecule has 1 N–H and O–H groups in total. The lowest BCUT2D eigenvalue weighted by Crippen LogP contribution is -1.92. The van der Waals surface area contributed by atoms with E-state index < -0.39 is 0 Å². The zero-order valence-electron chi connectivity index (χ0n) is 7.33. The maximum Gasteiger partial charge on any atom is 0.222 e. The number of anilines is 1. The molecule has 2 radical (unpaired) electrons. The number of nitrogens with one attached hydrogen (secondary N) is 1. The molecule has 0 unspecified atom stereocenters. The molecule has 12 heavy (non-hydrogen) atoms. The van der Waals surface area contributed by atoms with Gasteiger partial charge in [0.15, 0.2) is 0 Å². The average Bonchev–Trinajstić information content (AvgIpc) is 2.20. The van der Waals surface area contributed by atoms with E-state index >= 15 is 0 Å². The molecule has 0 aromatic heterocycles. The largest absolute Gasteiger partial charge is 0.436 e. The van der Waals surface area contributed by atoms with Crippen LogP contribution in [0.15, 0.2) is 24.3 Å². The Hall–Kier alpha value is -1.43. The number of benzene rings is 1. The first-order valence-corrected chi connectivity index (χ1v) is 3.84. The van der Waals surface area contributed by atoms with E-state index in [1.807, 2.05) is 26.0 Å². The van der Waals surface area contributed by atoms with Gasteiger partial charge in [-0.3, -0.25) is 0 Å². The quantitative estimate of drug-likeness (QED) is 0.635. The molecular weight excluding hydrogens is 147 g/mol. The minimum Gasteiger partial charge on any atom is -0.436 e. The van der Waals surface area contributed by atoms with Crippen molar-refractivity contribution >= 4 is 13.7 Å². The fourth-order valence-electron chi connectivity index (χ4n) is 0.706. The van der Waals surface area contributed by atoms with Gasteiger partial charge in [0, 0.05) is 5.69 Å². The highest BCUT2D eigenvalue weighted by atomic mass is 14.7. The van der Waals surface area contributed by atoms with Gasteiger partial charge in [-0.25, -0.2) is 0 Å². The van der Waals surface area contributed by atoms with E-state index in [9.17, 15) is 0 Å². The predicted octanol–water partition coefficient (Wildman–Crippen LogP) is 2.08. The first kappa shape index (κ1) is 10.6. The molecule has 3 heteroatoms. The highest BCUT2D eigenvalue weighted by molar-refractivity contribution is 6.16. The molecule has 0 bridgehead atoms. The van der Waals surface area contributed by atoms with Crippen LogP contribution in [0.2, 0.25) is 0 Å². The number of hydrogen-bond donors (Lipinski definition) is 1. The minimum atomic E-state index is 0.560. The first-order valence-electron chi connectivity index (χ1n) is 3.84. The Kier molecular flexibility index (Phi) is 5.55. The summed E-state index contributed by atoms with van der Waals surface area (Å²) in [6, 6.07) is 9.06. The Labute approximate surface area is 74.6 Å². The van der Waals surface area contributed by atoms with E-state index in [1.54, 1.807) is 18.2 Å². The first-order chi connectivity index (χ1) is 5.88. The zero-order chi connectivity index (χ0) is 9.40. The fraction of sp³-hybridized carbons (Fsp3) is 0.222. The average molecular weight is 158 g/mol. The number of nitrogens with zero attached hydrogens (tertiary/aromatic N) is 1. The van der Waals surface area contributed by atoms with Gasteiger partial charge in [0.05, 0.1) is 5.56 Å². The zero-order valence-corrected chi connectivity index (χ0v) is 7.33. The van der Waals surface area contributed by atoms with Gasteiger partial charge in [-0.15, -0.1) is 0 Å². The maximum atomic E-state index is 8.50. The Morgan fingerprint density at radius 1 is 1.33 bits per heavy atom. The van der Waals surface area contributed by atoms with Gasteiger partial charge in [-0.1, -0.05) is 26.0 Å². The van der Waals surface area contributed by atoms with Crippen molar-refractivity contribution in [2.45, 2.75) is 13.8 Å². The predicted molar refractivity (Wildman–Crippen MR) is 51.9 cm³/mol. The van der Waals surface area contributed by atoms with E-state index in [0.717, 1.165) is 0 Å². The third-order valence-electron chi connectivity index (χ3n) is 1.20. The Balaban J connectivity index is 0.000000561. The minimum absolute atomic E-state index is 0.560. The van der Waals surface area contributed by atoms with Crippen molar-refractivity contribution in [3.05, 3.63) is 29.8 Å². The van der Waals surface area contributed by atoms with Crippen LogP contribution in [0.1, 0.15) is 19.4 Å². The van der Waals surface area contributed by atoms with E-state index in [1.165, 1.54) is 0 Å². The Morgan fingerprint density at radius 3 is 2.33 bits per heavy atom. The molecule has 1 aromatic carbocycles. The SMILES string of the molecule is CC.[B]Nc1ccccc1C#N. The van der Waals surface area contributed by atoms with Gasteiger partial charge in [-0.2, -0.15) is 5.26 Å². The molecule has 60 valence electrons. The molecule has 0 aliphatic heterocycles. The van der Waals surface area contributed by atoms with Crippen LogP contribution in [0.5, 0.6) is 0 Å². The van der Waals surface area contributed by atoms with Gasteiger partial charge in [-0.05, 0) is 12.1 Å². The lowest BCUT2D eigenvalue weighted by Gasteiger charge is -1.99. The lowest BCUT2D eigenvalue weighted by molar-refractivity contribution is 1.48. The van der Waals surface area contributed by atoms with Crippen LogP contribution in [-0.4, -0.2) is 7.98 Å². The maximum absolute atomic E-state index is 8.50. The summed E-state index contributed by atoms with van der Waals surface area (Å²) in [5.74, 6) is 0. The number of hydrogen-bond acceptors (Lipinski definition) is 2. The smallest absolute Gasteiger partial charge is 0.222 e. The molecule has 0 heterocycles. The van der Waals surface area contributed by atoms with Crippen molar-refractivity contribution < 1.29 is 0 Å². The van der Waals surface area contributed by atoms with Crippen LogP contribution >= 0.6 is 0 Å². The third-order valence-corrected chi connectivity index (χ3v) is 1.20. The van der Waals surface area contributed by atoms with Crippen molar-refractivity contribution in [3.63, 3.8) is 0 Å². The van der Waals surface area contributed by atoms with Crippen LogP contribution in [0.3, 0.4) is 0 Å². The number of rotatable bonds is 1. The van der Waals surface area contributed by atoms with Crippen molar-refractivity contribution in [2.24, 2.45) is 0 Å². The van der Waals surface area contributed by atoms with Crippen molar-refractivity contribution in [1.82, 2.24) is 0 Å². The standard InChI is InChI=1S/C7H5BN2.C2H6/c8-10-7-4-2-1-3-6(7)5-9;1-2/h1-4,10H;1-2H3. The second kappa shape index (κ2) is 6.30. The molecule has 0 atom stereocenters. The summed E-state index contributed by atoms with van der Waals surface area (Å²) in [4.78, 5) is 0. The second-order valence-corrected chi connectivity index (χ2v) is 1.80. The molecule has 2 nitrogen and oxygen atoms in total. The molecule has 1 rings (SSSR count). The van der Waals surface area contributed by atoms with Crippen LogP contribution in [0.25, 0.3) is 0 Å². The monoisotopic (exact) mass is 158 g/mol. The summed E-state index contributed by atoms with van der Waals surface area (Å²) in [5.41, 5.74) is 1.22. The van der Waals surface area contributed by atoms with Crippen LogP contribution in [-0.2, 0) is 0 Å². The molecule has 0 spiro atoms. The molecule has 1 aromatic rings. The van der Waals surface area contributed by atoms with E-state index in [0.29, 0.717) is 11.3 Å². The number of nitriles is 1. The van der Waals surface area contributed by atoms with E-state index in [2.05, 4.69) is 5.23 Å². The van der Waals surface area contributed by atoms with E-state index in [4.69, 9.17) is 13.2 Å². The normalized spacial score (nSPS) is 7.42. The fourth-order valence-corrected chi connectivity index (χ4v) is 0.706. The summed E-state index contributed by atoms with van der Waals surface area (Å²) >= 11 is 0. The van der Waals surface area contributed by atoms with Gasteiger partial charge < -0.3 is 5.23 Å². The van der Waals surface area contributed by atoms with Crippen LogP contribution < -0.4 is 5.23 Å². The molecule has 0 fully saturated rings. The summed E-state index contributed by atoms with van der Waals surface area (Å²) in [7, 11) is 5.13. The van der Waals surface area contributed by atoms with Gasteiger partial charge in [0.1, 0.15) is 6.07 Å².